The van der Waals surface area contributed by atoms with E-state index in [4.69, 9.17) is 34.8 Å². The van der Waals surface area contributed by atoms with Crippen LogP contribution in [0.2, 0.25) is 15.1 Å². The SMILES string of the molecule is CCC(=O)NC1CCC(N(Cc2cc(-c3ccncc3)ccc2F)C(=O)c2sc3c(Cl)c(Cl)ccc3c2Cl)CC1. The van der Waals surface area contributed by atoms with Gasteiger partial charge < -0.3 is 10.2 Å². The zero-order valence-corrected chi connectivity index (χ0v) is 24.8. The number of benzene rings is 2. The molecule has 1 N–H and O–H groups in total. The standard InChI is InChI=1S/C30H27Cl3FN3O2S/c1-2-25(38)36-20-4-6-21(7-5-20)37(16-19-15-18(3-10-24(19)34)17-11-13-35-14-12-17)30(39)29-26(32)22-8-9-23(31)27(33)28(22)40-29/h3,8-15,20-21H,2,4-7,16H2,1H3,(H,36,38). The van der Waals surface area contributed by atoms with Gasteiger partial charge in [0.2, 0.25) is 5.91 Å². The molecule has 0 aliphatic heterocycles. The predicted molar refractivity (Wildman–Crippen MR) is 161 cm³/mol. The van der Waals surface area contributed by atoms with Gasteiger partial charge in [-0.1, -0.05) is 53.9 Å². The molecule has 0 radical (unpaired) electrons. The van der Waals surface area contributed by atoms with Crippen LogP contribution in [0.3, 0.4) is 0 Å². The number of aromatic nitrogens is 1. The molecule has 5 nitrogen and oxygen atoms in total. The summed E-state index contributed by atoms with van der Waals surface area (Å²) in [5.41, 5.74) is 2.14. The first-order chi connectivity index (χ1) is 19.3. The number of hydrogen-bond donors (Lipinski definition) is 1. The van der Waals surface area contributed by atoms with Crippen molar-refractivity contribution in [3.05, 3.63) is 86.2 Å². The highest BCUT2D eigenvalue weighted by atomic mass is 35.5. The molecule has 1 aliphatic rings. The number of fused-ring (bicyclic) bond motifs is 1. The van der Waals surface area contributed by atoms with Crippen LogP contribution in [-0.4, -0.2) is 33.8 Å². The summed E-state index contributed by atoms with van der Waals surface area (Å²) in [5, 5.41) is 4.75. The van der Waals surface area contributed by atoms with Gasteiger partial charge in [-0.3, -0.25) is 14.6 Å². The monoisotopic (exact) mass is 617 g/mol. The van der Waals surface area contributed by atoms with Crippen LogP contribution in [0.4, 0.5) is 4.39 Å². The Morgan fingerprint density at radius 2 is 1.73 bits per heavy atom. The number of carbonyl (C=O) groups is 2. The lowest BCUT2D eigenvalue weighted by molar-refractivity contribution is -0.121. The third kappa shape index (κ3) is 5.98. The molecule has 0 bridgehead atoms. The van der Waals surface area contributed by atoms with Gasteiger partial charge in [0, 0.05) is 48.4 Å². The lowest BCUT2D eigenvalue weighted by Crippen LogP contribution is -2.45. The number of carbonyl (C=O) groups excluding carboxylic acids is 2. The highest BCUT2D eigenvalue weighted by Gasteiger charge is 2.33. The maximum absolute atomic E-state index is 15.2. The Morgan fingerprint density at radius 1 is 1.00 bits per heavy atom. The van der Waals surface area contributed by atoms with Crippen LogP contribution in [0.1, 0.15) is 54.3 Å². The van der Waals surface area contributed by atoms with E-state index < -0.39 is 5.82 Å². The van der Waals surface area contributed by atoms with Crippen molar-refractivity contribution in [2.75, 3.05) is 0 Å². The lowest BCUT2D eigenvalue weighted by atomic mass is 9.89. The molecule has 0 atom stereocenters. The van der Waals surface area contributed by atoms with Crippen molar-refractivity contribution in [1.29, 1.82) is 0 Å². The smallest absolute Gasteiger partial charge is 0.266 e. The van der Waals surface area contributed by atoms with Gasteiger partial charge in [-0.25, -0.2) is 4.39 Å². The predicted octanol–water partition coefficient (Wildman–Crippen LogP) is 8.54. The minimum absolute atomic E-state index is 0.0129. The van der Waals surface area contributed by atoms with Gasteiger partial charge in [0.05, 0.1) is 19.8 Å². The molecule has 2 aromatic carbocycles. The van der Waals surface area contributed by atoms with E-state index in [1.54, 1.807) is 41.6 Å². The van der Waals surface area contributed by atoms with Gasteiger partial charge in [0.25, 0.3) is 5.91 Å². The van der Waals surface area contributed by atoms with Crippen molar-refractivity contribution in [1.82, 2.24) is 15.2 Å². The van der Waals surface area contributed by atoms with E-state index in [2.05, 4.69) is 10.3 Å². The molecule has 2 heterocycles. The van der Waals surface area contributed by atoms with Crippen molar-refractivity contribution >= 4 is 68.0 Å². The van der Waals surface area contributed by atoms with Gasteiger partial charge in [0.1, 0.15) is 10.7 Å². The molecule has 1 saturated carbocycles. The molecule has 1 aliphatic carbocycles. The van der Waals surface area contributed by atoms with Crippen LogP contribution in [0.15, 0.2) is 54.9 Å². The average molecular weight is 619 g/mol. The Bertz CT molecular complexity index is 1560. The number of nitrogens with zero attached hydrogens (tertiary/aromatic N) is 2. The number of nitrogens with one attached hydrogen (secondary N) is 1. The molecular formula is C30H27Cl3FN3O2S. The fourth-order valence-electron chi connectivity index (χ4n) is 5.17. The summed E-state index contributed by atoms with van der Waals surface area (Å²) >= 11 is 20.6. The maximum Gasteiger partial charge on any atom is 0.266 e. The molecule has 2 amide bonds. The summed E-state index contributed by atoms with van der Waals surface area (Å²) in [5.74, 6) is -0.663. The van der Waals surface area contributed by atoms with Crippen molar-refractivity contribution < 1.29 is 14.0 Å². The molecule has 40 heavy (non-hydrogen) atoms. The summed E-state index contributed by atoms with van der Waals surface area (Å²) in [6.45, 7) is 1.89. The molecule has 0 saturated heterocycles. The minimum Gasteiger partial charge on any atom is -0.353 e. The first-order valence-corrected chi connectivity index (χ1v) is 15.1. The molecule has 10 heteroatoms. The Kier molecular flexibility index (Phi) is 8.95. The van der Waals surface area contributed by atoms with Crippen molar-refractivity contribution in [2.24, 2.45) is 0 Å². The largest absolute Gasteiger partial charge is 0.353 e. The number of halogens is 4. The number of pyridine rings is 1. The fourth-order valence-corrected chi connectivity index (χ4v) is 7.17. The summed E-state index contributed by atoms with van der Waals surface area (Å²) in [6.07, 6.45) is 6.58. The third-order valence-corrected chi connectivity index (χ3v) is 10.0. The molecule has 4 aromatic rings. The van der Waals surface area contributed by atoms with E-state index in [-0.39, 0.29) is 30.4 Å². The van der Waals surface area contributed by atoms with Gasteiger partial charge in [-0.05, 0) is 67.1 Å². The number of rotatable bonds is 7. The Morgan fingerprint density at radius 3 is 2.42 bits per heavy atom. The topological polar surface area (TPSA) is 62.3 Å². The van der Waals surface area contributed by atoms with E-state index >= 15 is 4.39 Å². The second-order valence-corrected chi connectivity index (χ2v) is 12.1. The van der Waals surface area contributed by atoms with Crippen LogP contribution in [0, 0.1) is 5.82 Å². The summed E-state index contributed by atoms with van der Waals surface area (Å²) < 4.78 is 15.9. The minimum atomic E-state index is -0.392. The molecule has 5 rings (SSSR count). The first-order valence-electron chi connectivity index (χ1n) is 13.1. The zero-order valence-electron chi connectivity index (χ0n) is 21.7. The Balaban J connectivity index is 1.49. The second-order valence-electron chi connectivity index (χ2n) is 9.88. The molecule has 1 fully saturated rings. The van der Waals surface area contributed by atoms with Crippen molar-refractivity contribution in [3.8, 4) is 11.1 Å². The molecule has 208 valence electrons. The molecule has 0 spiro atoms. The quantitative estimate of drug-likeness (QED) is 0.226. The van der Waals surface area contributed by atoms with Crippen LogP contribution in [0.5, 0.6) is 0 Å². The second kappa shape index (κ2) is 12.4. The van der Waals surface area contributed by atoms with Gasteiger partial charge in [-0.15, -0.1) is 11.3 Å². The number of hydrogen-bond acceptors (Lipinski definition) is 4. The van der Waals surface area contributed by atoms with Crippen LogP contribution < -0.4 is 5.32 Å². The van der Waals surface area contributed by atoms with Gasteiger partial charge >= 0.3 is 0 Å². The van der Waals surface area contributed by atoms with E-state index in [1.807, 2.05) is 19.1 Å². The summed E-state index contributed by atoms with van der Waals surface area (Å²) in [4.78, 5) is 32.2. The Labute approximate surface area is 251 Å². The van der Waals surface area contributed by atoms with Crippen molar-refractivity contribution in [2.45, 2.75) is 57.7 Å². The van der Waals surface area contributed by atoms with Crippen molar-refractivity contribution in [3.63, 3.8) is 0 Å². The summed E-state index contributed by atoms with van der Waals surface area (Å²) in [6, 6.07) is 11.9. The van der Waals surface area contributed by atoms with Gasteiger partial charge in [0.15, 0.2) is 0 Å². The highest BCUT2D eigenvalue weighted by molar-refractivity contribution is 7.22. The number of amides is 2. The van der Waals surface area contributed by atoms with Crippen LogP contribution in [-0.2, 0) is 11.3 Å². The van der Waals surface area contributed by atoms with E-state index in [0.29, 0.717) is 54.9 Å². The first kappa shape index (κ1) is 28.8. The maximum atomic E-state index is 15.2. The fraction of sp³-hybridized carbons (Fsp3) is 0.300. The van der Waals surface area contributed by atoms with E-state index in [0.717, 1.165) is 24.0 Å². The molecule has 0 unspecified atom stereocenters. The van der Waals surface area contributed by atoms with Gasteiger partial charge in [-0.2, -0.15) is 0 Å². The average Bonchev–Trinajstić information content (AvgIpc) is 3.31. The lowest BCUT2D eigenvalue weighted by Gasteiger charge is -2.37. The van der Waals surface area contributed by atoms with E-state index in [1.165, 1.54) is 17.4 Å². The molecular weight excluding hydrogens is 592 g/mol. The van der Waals surface area contributed by atoms with E-state index in [9.17, 15) is 9.59 Å². The highest BCUT2D eigenvalue weighted by Crippen LogP contribution is 2.43. The third-order valence-electron chi connectivity index (χ3n) is 7.37. The Hall–Kier alpha value is -2.71. The normalized spacial score (nSPS) is 17.1. The van der Waals surface area contributed by atoms with Crippen LogP contribution in [0.25, 0.3) is 21.2 Å². The molecule has 2 aromatic heterocycles. The number of thiophene rings is 1. The summed E-state index contributed by atoms with van der Waals surface area (Å²) in [7, 11) is 0. The zero-order chi connectivity index (χ0) is 28.4. The van der Waals surface area contributed by atoms with Crippen LogP contribution >= 0.6 is 46.1 Å².